The molecule has 1 saturated heterocycles. The van der Waals surface area contributed by atoms with Crippen molar-refractivity contribution in [3.8, 4) is 5.75 Å². The van der Waals surface area contributed by atoms with Gasteiger partial charge in [0, 0.05) is 5.46 Å². The average molecular weight is 336 g/mol. The van der Waals surface area contributed by atoms with Crippen molar-refractivity contribution in [2.45, 2.75) is 59.1 Å². The van der Waals surface area contributed by atoms with Gasteiger partial charge in [0.25, 0.3) is 0 Å². The summed E-state index contributed by atoms with van der Waals surface area (Å²) in [4.78, 5) is 0. The lowest BCUT2D eigenvalue weighted by Gasteiger charge is -2.32. The van der Waals surface area contributed by atoms with Crippen LogP contribution in [0, 0.1) is 5.82 Å². The van der Waals surface area contributed by atoms with E-state index >= 15 is 0 Å². The predicted molar refractivity (Wildman–Crippen MR) is 80.1 cm³/mol. The number of hydrogen-bond acceptors (Lipinski definition) is 3. The molecule has 1 aliphatic rings. The minimum absolute atomic E-state index is 0.133. The molecule has 0 unspecified atom stereocenters. The molecule has 0 amide bonds. The highest BCUT2D eigenvalue weighted by Crippen LogP contribution is 2.37. The molecule has 0 bridgehead atoms. The fourth-order valence-corrected chi connectivity index (χ4v) is 1.89. The van der Waals surface area contributed by atoms with Crippen LogP contribution in [0.1, 0.15) is 41.5 Å². The normalized spacial score (nSPS) is 19.1. The van der Waals surface area contributed by atoms with Gasteiger partial charge in [0.05, 0.1) is 11.2 Å². The molecular weight excluding hydrogens is 315 g/mol. The summed E-state index contributed by atoms with van der Waals surface area (Å²) in [7, 11) is -1.14. The SMILES string of the molecule is CC.CC1(C)OB(c2cc(F)ccc2OC(F)(F)F)OC1(C)C. The second kappa shape index (κ2) is 6.69. The van der Waals surface area contributed by atoms with Gasteiger partial charge in [-0.2, -0.15) is 0 Å². The van der Waals surface area contributed by atoms with E-state index in [1.807, 2.05) is 13.8 Å². The lowest BCUT2D eigenvalue weighted by Crippen LogP contribution is -2.41. The predicted octanol–water partition coefficient (Wildman–Crippen LogP) is 4.05. The van der Waals surface area contributed by atoms with Crippen molar-refractivity contribution in [3.05, 3.63) is 24.0 Å². The number of halogens is 4. The second-order valence-corrected chi connectivity index (χ2v) is 5.82. The fraction of sp³-hybridized carbons (Fsp3) is 0.600. The molecule has 0 radical (unpaired) electrons. The van der Waals surface area contributed by atoms with E-state index in [0.717, 1.165) is 18.2 Å². The summed E-state index contributed by atoms with van der Waals surface area (Å²) in [5, 5.41) is 0. The molecule has 3 nitrogen and oxygen atoms in total. The molecule has 23 heavy (non-hydrogen) atoms. The van der Waals surface area contributed by atoms with Gasteiger partial charge in [-0.25, -0.2) is 4.39 Å². The van der Waals surface area contributed by atoms with Gasteiger partial charge < -0.3 is 14.0 Å². The standard InChI is InChI=1S/C13H15BF4O3.C2H6/c1-11(2)12(3,4)21-14(20-11)9-7-8(15)5-6-10(9)19-13(16,17)18;1-2/h5-7H,1-4H3;1-2H3. The lowest BCUT2D eigenvalue weighted by atomic mass is 9.78. The third kappa shape index (κ3) is 4.60. The summed E-state index contributed by atoms with van der Waals surface area (Å²) >= 11 is 0. The highest BCUT2D eigenvalue weighted by Gasteiger charge is 2.53. The topological polar surface area (TPSA) is 27.7 Å². The molecule has 130 valence electrons. The van der Waals surface area contributed by atoms with Crippen LogP contribution in [-0.2, 0) is 9.31 Å². The second-order valence-electron chi connectivity index (χ2n) is 5.82. The van der Waals surface area contributed by atoms with Gasteiger partial charge in [0.1, 0.15) is 11.6 Å². The maximum atomic E-state index is 13.4. The molecule has 0 spiro atoms. The molecular formula is C15H21BF4O3. The summed E-state index contributed by atoms with van der Waals surface area (Å²) in [5.74, 6) is -1.24. The average Bonchev–Trinajstić information content (AvgIpc) is 2.61. The van der Waals surface area contributed by atoms with Gasteiger partial charge in [-0.15, -0.1) is 13.2 Å². The van der Waals surface area contributed by atoms with Gasteiger partial charge in [0.15, 0.2) is 0 Å². The number of benzene rings is 1. The van der Waals surface area contributed by atoms with Crippen molar-refractivity contribution in [1.82, 2.24) is 0 Å². The van der Waals surface area contributed by atoms with Crippen LogP contribution < -0.4 is 10.2 Å². The number of hydrogen-bond donors (Lipinski definition) is 0. The zero-order valence-electron chi connectivity index (χ0n) is 14.0. The van der Waals surface area contributed by atoms with Crippen LogP contribution in [0.15, 0.2) is 18.2 Å². The van der Waals surface area contributed by atoms with Crippen molar-refractivity contribution in [3.63, 3.8) is 0 Å². The van der Waals surface area contributed by atoms with E-state index in [0.29, 0.717) is 0 Å². The Balaban J connectivity index is 0.00000127. The Kier molecular flexibility index (Phi) is 5.75. The van der Waals surface area contributed by atoms with Crippen molar-refractivity contribution in [2.75, 3.05) is 0 Å². The van der Waals surface area contributed by atoms with E-state index in [9.17, 15) is 17.6 Å². The Morgan fingerprint density at radius 1 is 1.00 bits per heavy atom. The molecule has 1 fully saturated rings. The Morgan fingerprint density at radius 3 is 1.91 bits per heavy atom. The summed E-state index contributed by atoms with van der Waals surface area (Å²) in [6.45, 7) is 11.0. The summed E-state index contributed by atoms with van der Waals surface area (Å²) in [6, 6.07) is 2.71. The molecule has 1 aromatic rings. The minimum Gasteiger partial charge on any atom is -0.406 e. The first-order chi connectivity index (χ1) is 10.4. The third-order valence-corrected chi connectivity index (χ3v) is 3.70. The van der Waals surface area contributed by atoms with Gasteiger partial charge in [-0.05, 0) is 45.9 Å². The van der Waals surface area contributed by atoms with Gasteiger partial charge in [0.2, 0.25) is 0 Å². The van der Waals surface area contributed by atoms with E-state index in [2.05, 4.69) is 4.74 Å². The molecule has 0 aromatic heterocycles. The molecule has 1 aromatic carbocycles. The van der Waals surface area contributed by atoms with Crippen molar-refractivity contribution in [2.24, 2.45) is 0 Å². The Labute approximate surface area is 134 Å². The van der Waals surface area contributed by atoms with E-state index in [1.54, 1.807) is 27.7 Å². The fourth-order valence-electron chi connectivity index (χ4n) is 1.89. The molecule has 0 aliphatic carbocycles. The van der Waals surface area contributed by atoms with Crippen LogP contribution in [0.3, 0.4) is 0 Å². The first-order valence-electron chi connectivity index (χ1n) is 7.32. The number of ether oxygens (including phenoxy) is 1. The smallest absolute Gasteiger partial charge is 0.406 e. The molecule has 0 N–H and O–H groups in total. The van der Waals surface area contributed by atoms with Crippen LogP contribution in [0.25, 0.3) is 0 Å². The van der Waals surface area contributed by atoms with Crippen LogP contribution in [0.4, 0.5) is 17.6 Å². The lowest BCUT2D eigenvalue weighted by molar-refractivity contribution is -0.274. The summed E-state index contributed by atoms with van der Waals surface area (Å²) in [5.41, 5.74) is -1.63. The molecule has 0 saturated carbocycles. The van der Waals surface area contributed by atoms with Gasteiger partial charge in [-0.3, -0.25) is 0 Å². The van der Waals surface area contributed by atoms with Gasteiger partial charge >= 0.3 is 13.5 Å². The highest BCUT2D eigenvalue weighted by atomic mass is 19.4. The van der Waals surface area contributed by atoms with Crippen LogP contribution >= 0.6 is 0 Å². The highest BCUT2D eigenvalue weighted by molar-refractivity contribution is 6.63. The Hall–Kier alpha value is -1.28. The van der Waals surface area contributed by atoms with E-state index in [4.69, 9.17) is 9.31 Å². The molecule has 1 aliphatic heterocycles. The first kappa shape index (κ1) is 19.8. The Morgan fingerprint density at radius 2 is 1.48 bits per heavy atom. The van der Waals surface area contributed by atoms with Gasteiger partial charge in [-0.1, -0.05) is 13.8 Å². The Bertz CT molecular complexity index is 528. The minimum atomic E-state index is -4.88. The van der Waals surface area contributed by atoms with E-state index in [1.165, 1.54) is 0 Å². The molecule has 1 heterocycles. The number of rotatable bonds is 2. The van der Waals surface area contributed by atoms with Crippen LogP contribution in [-0.4, -0.2) is 24.7 Å². The molecule has 2 rings (SSSR count). The van der Waals surface area contributed by atoms with E-state index < -0.39 is 36.2 Å². The van der Waals surface area contributed by atoms with Crippen LogP contribution in [0.5, 0.6) is 5.75 Å². The third-order valence-electron chi connectivity index (χ3n) is 3.70. The monoisotopic (exact) mass is 336 g/mol. The zero-order chi connectivity index (χ0) is 18.1. The molecule has 0 atom stereocenters. The van der Waals surface area contributed by atoms with E-state index in [-0.39, 0.29) is 5.46 Å². The van der Waals surface area contributed by atoms with Crippen molar-refractivity contribution >= 4 is 12.6 Å². The maximum Gasteiger partial charge on any atom is 0.573 e. The molecule has 8 heteroatoms. The van der Waals surface area contributed by atoms with Crippen molar-refractivity contribution in [1.29, 1.82) is 0 Å². The van der Waals surface area contributed by atoms with Crippen LogP contribution in [0.2, 0.25) is 0 Å². The number of alkyl halides is 3. The maximum absolute atomic E-state index is 13.4. The van der Waals surface area contributed by atoms with Crippen molar-refractivity contribution < 1.29 is 31.6 Å². The largest absolute Gasteiger partial charge is 0.573 e. The summed E-state index contributed by atoms with van der Waals surface area (Å²) < 4.78 is 65.8. The summed E-state index contributed by atoms with van der Waals surface area (Å²) in [6.07, 6.45) is -4.88. The quantitative estimate of drug-likeness (QED) is 0.602. The first-order valence-corrected chi connectivity index (χ1v) is 7.32. The zero-order valence-corrected chi connectivity index (χ0v) is 14.0.